The summed E-state index contributed by atoms with van der Waals surface area (Å²) in [4.78, 5) is 32.7. The van der Waals surface area contributed by atoms with Crippen molar-refractivity contribution in [2.24, 2.45) is 0 Å². The molecule has 1 aromatic heterocycles. The van der Waals surface area contributed by atoms with Gasteiger partial charge in [-0.25, -0.2) is 4.98 Å². The van der Waals surface area contributed by atoms with Gasteiger partial charge < -0.3 is 10.2 Å². The highest BCUT2D eigenvalue weighted by Crippen LogP contribution is 2.18. The number of aromatic nitrogens is 2. The third-order valence-electron chi connectivity index (χ3n) is 5.24. The van der Waals surface area contributed by atoms with Crippen molar-refractivity contribution in [2.45, 2.75) is 40.7 Å². The van der Waals surface area contributed by atoms with Crippen molar-refractivity contribution in [2.75, 3.05) is 24.5 Å². The minimum atomic E-state index is -0.145. The molecule has 0 bridgehead atoms. The summed E-state index contributed by atoms with van der Waals surface area (Å²) in [6, 6.07) is 13.3. The van der Waals surface area contributed by atoms with Crippen LogP contribution in [0.25, 0.3) is 10.9 Å². The Hall–Kier alpha value is -3.15. The molecule has 3 rings (SSSR count). The maximum absolute atomic E-state index is 13.4. The van der Waals surface area contributed by atoms with E-state index in [1.54, 1.807) is 22.8 Å². The first-order chi connectivity index (χ1) is 14.5. The molecule has 30 heavy (non-hydrogen) atoms. The van der Waals surface area contributed by atoms with Crippen LogP contribution in [0, 0.1) is 6.92 Å². The van der Waals surface area contributed by atoms with Crippen molar-refractivity contribution in [3.63, 3.8) is 0 Å². The van der Waals surface area contributed by atoms with Crippen LogP contribution in [0.5, 0.6) is 0 Å². The first-order valence-electron chi connectivity index (χ1n) is 10.6. The van der Waals surface area contributed by atoms with Crippen molar-refractivity contribution in [1.29, 1.82) is 0 Å². The lowest BCUT2D eigenvalue weighted by atomic mass is 10.1. The number of rotatable bonds is 8. The molecule has 6 nitrogen and oxygen atoms in total. The molecule has 158 valence electrons. The molecule has 1 amide bonds. The SMILES string of the molecule is CCCNC(=O)c1ccc2c(=O)n(Cc3ccc(C)cc3)c(N(CC)CC)nc2c1. The first kappa shape index (κ1) is 21.6. The van der Waals surface area contributed by atoms with E-state index in [4.69, 9.17) is 4.98 Å². The second-order valence-corrected chi connectivity index (χ2v) is 7.45. The Morgan fingerprint density at radius 3 is 2.40 bits per heavy atom. The van der Waals surface area contributed by atoms with Gasteiger partial charge in [-0.1, -0.05) is 36.8 Å². The second-order valence-electron chi connectivity index (χ2n) is 7.45. The normalized spacial score (nSPS) is 10.9. The Morgan fingerprint density at radius 2 is 1.77 bits per heavy atom. The maximum Gasteiger partial charge on any atom is 0.263 e. The van der Waals surface area contributed by atoms with Gasteiger partial charge in [0.1, 0.15) is 0 Å². The molecule has 0 aliphatic heterocycles. The number of nitrogens with one attached hydrogen (secondary N) is 1. The van der Waals surface area contributed by atoms with Crippen LogP contribution in [0.3, 0.4) is 0 Å². The molecule has 0 fully saturated rings. The largest absolute Gasteiger partial charge is 0.352 e. The van der Waals surface area contributed by atoms with Gasteiger partial charge in [-0.05, 0) is 51.0 Å². The molecule has 0 saturated heterocycles. The molecular weight excluding hydrogens is 376 g/mol. The minimum Gasteiger partial charge on any atom is -0.352 e. The van der Waals surface area contributed by atoms with E-state index in [1.807, 2.05) is 52.0 Å². The number of anilines is 1. The molecule has 1 heterocycles. The van der Waals surface area contributed by atoms with Gasteiger partial charge >= 0.3 is 0 Å². The predicted molar refractivity (Wildman–Crippen MR) is 122 cm³/mol. The monoisotopic (exact) mass is 406 g/mol. The number of nitrogens with zero attached hydrogens (tertiary/aromatic N) is 3. The highest BCUT2D eigenvalue weighted by molar-refractivity contribution is 5.97. The average molecular weight is 407 g/mol. The first-order valence-corrected chi connectivity index (χ1v) is 10.6. The van der Waals surface area contributed by atoms with E-state index in [0.29, 0.717) is 35.5 Å². The Morgan fingerprint density at radius 1 is 1.07 bits per heavy atom. The van der Waals surface area contributed by atoms with Crippen LogP contribution in [-0.4, -0.2) is 35.1 Å². The lowest BCUT2D eigenvalue weighted by molar-refractivity contribution is 0.0954. The molecule has 2 aromatic carbocycles. The summed E-state index contributed by atoms with van der Waals surface area (Å²) >= 11 is 0. The summed E-state index contributed by atoms with van der Waals surface area (Å²) in [5.41, 5.74) is 3.20. The number of amides is 1. The summed E-state index contributed by atoms with van der Waals surface area (Å²) in [7, 11) is 0. The topological polar surface area (TPSA) is 67.2 Å². The molecule has 0 aliphatic carbocycles. The van der Waals surface area contributed by atoms with Crippen LogP contribution in [0.2, 0.25) is 0 Å². The summed E-state index contributed by atoms with van der Waals surface area (Å²) < 4.78 is 1.73. The molecule has 0 atom stereocenters. The molecule has 0 saturated carbocycles. The van der Waals surface area contributed by atoms with Crippen LogP contribution < -0.4 is 15.8 Å². The van der Waals surface area contributed by atoms with Gasteiger partial charge in [0.2, 0.25) is 5.95 Å². The second kappa shape index (κ2) is 9.57. The average Bonchev–Trinajstić information content (AvgIpc) is 2.76. The van der Waals surface area contributed by atoms with E-state index in [-0.39, 0.29) is 11.5 Å². The molecule has 1 N–H and O–H groups in total. The van der Waals surface area contributed by atoms with Gasteiger partial charge in [0.25, 0.3) is 11.5 Å². The van der Waals surface area contributed by atoms with E-state index in [0.717, 1.165) is 25.1 Å². The fourth-order valence-corrected chi connectivity index (χ4v) is 3.46. The number of hydrogen-bond acceptors (Lipinski definition) is 4. The van der Waals surface area contributed by atoms with Crippen molar-refractivity contribution in [3.8, 4) is 0 Å². The highest BCUT2D eigenvalue weighted by Gasteiger charge is 2.17. The zero-order valence-electron chi connectivity index (χ0n) is 18.2. The predicted octanol–water partition coefficient (Wildman–Crippen LogP) is 3.74. The molecule has 0 aliphatic rings. The zero-order chi connectivity index (χ0) is 21.7. The van der Waals surface area contributed by atoms with Crippen LogP contribution in [0.1, 0.15) is 48.7 Å². The van der Waals surface area contributed by atoms with E-state index in [1.165, 1.54) is 5.56 Å². The molecule has 0 unspecified atom stereocenters. The van der Waals surface area contributed by atoms with Gasteiger partial charge in [0.05, 0.1) is 17.4 Å². The lowest BCUT2D eigenvalue weighted by Crippen LogP contribution is -2.33. The number of carbonyl (C=O) groups excluding carboxylic acids is 1. The number of hydrogen-bond donors (Lipinski definition) is 1. The van der Waals surface area contributed by atoms with E-state index in [9.17, 15) is 9.59 Å². The van der Waals surface area contributed by atoms with E-state index in [2.05, 4.69) is 10.2 Å². The van der Waals surface area contributed by atoms with Gasteiger partial charge in [-0.3, -0.25) is 14.2 Å². The smallest absolute Gasteiger partial charge is 0.263 e. The van der Waals surface area contributed by atoms with Crippen LogP contribution >= 0.6 is 0 Å². The molecule has 6 heteroatoms. The molecule has 0 spiro atoms. The molecule has 0 radical (unpaired) electrons. The van der Waals surface area contributed by atoms with Gasteiger partial charge in [-0.15, -0.1) is 0 Å². The van der Waals surface area contributed by atoms with E-state index < -0.39 is 0 Å². The standard InChI is InChI=1S/C24H30N4O2/c1-5-14-25-22(29)19-12-13-20-21(15-19)26-24(27(6-2)7-3)28(23(20)30)16-18-10-8-17(4)9-11-18/h8-13,15H,5-7,14,16H2,1-4H3,(H,25,29). The Labute approximate surface area is 177 Å². The fraction of sp³-hybridized carbons (Fsp3) is 0.375. The molecular formula is C24H30N4O2. The summed E-state index contributed by atoms with van der Waals surface area (Å²) in [6.07, 6.45) is 0.868. The number of benzene rings is 2. The van der Waals surface area contributed by atoms with Crippen LogP contribution in [-0.2, 0) is 6.54 Å². The summed E-state index contributed by atoms with van der Waals surface area (Å²) in [5.74, 6) is 0.484. The van der Waals surface area contributed by atoms with Crippen molar-refractivity contribution in [3.05, 3.63) is 69.5 Å². The maximum atomic E-state index is 13.4. The van der Waals surface area contributed by atoms with Crippen LogP contribution in [0.15, 0.2) is 47.3 Å². The van der Waals surface area contributed by atoms with E-state index >= 15 is 0 Å². The van der Waals surface area contributed by atoms with Crippen molar-refractivity contribution < 1.29 is 4.79 Å². The quantitative estimate of drug-likeness (QED) is 0.619. The Bertz CT molecular complexity index is 1080. The number of aryl methyl sites for hydroxylation is 1. The highest BCUT2D eigenvalue weighted by atomic mass is 16.1. The fourth-order valence-electron chi connectivity index (χ4n) is 3.46. The number of fused-ring (bicyclic) bond motifs is 1. The van der Waals surface area contributed by atoms with Gasteiger partial charge in [0, 0.05) is 25.2 Å². The Kier molecular flexibility index (Phi) is 6.87. The minimum absolute atomic E-state index is 0.0945. The molecule has 3 aromatic rings. The van der Waals surface area contributed by atoms with Gasteiger partial charge in [0.15, 0.2) is 0 Å². The van der Waals surface area contributed by atoms with Gasteiger partial charge in [-0.2, -0.15) is 0 Å². The lowest BCUT2D eigenvalue weighted by Gasteiger charge is -2.24. The van der Waals surface area contributed by atoms with Crippen molar-refractivity contribution in [1.82, 2.24) is 14.9 Å². The van der Waals surface area contributed by atoms with Crippen LogP contribution in [0.4, 0.5) is 5.95 Å². The third-order valence-corrected chi connectivity index (χ3v) is 5.24. The third kappa shape index (κ3) is 4.53. The zero-order valence-corrected chi connectivity index (χ0v) is 18.2. The summed E-state index contributed by atoms with van der Waals surface area (Å²) in [5, 5.41) is 3.39. The number of carbonyl (C=O) groups is 1. The summed E-state index contributed by atoms with van der Waals surface area (Å²) in [6.45, 7) is 10.7. The Balaban J connectivity index is 2.13. The van der Waals surface area contributed by atoms with Crippen molar-refractivity contribution >= 4 is 22.8 Å².